The number of phenolic OH excluding ortho intramolecular Hbond substituents is 1. The third kappa shape index (κ3) is 5.89. The van der Waals surface area contributed by atoms with Crippen LogP contribution in [-0.2, 0) is 11.2 Å². The van der Waals surface area contributed by atoms with Gasteiger partial charge in [-0.05, 0) is 61.7 Å². The number of rotatable bonds is 10. The van der Waals surface area contributed by atoms with Crippen LogP contribution in [0.1, 0.15) is 55.5 Å². The molecule has 0 saturated heterocycles. The summed E-state index contributed by atoms with van der Waals surface area (Å²) in [6, 6.07) is 12.1. The maximum absolute atomic E-state index is 12.6. The molecule has 0 amide bonds. The average Bonchev–Trinajstić information content (AvgIpc) is 3.30. The molecule has 35 heavy (non-hydrogen) atoms. The first-order valence-electron chi connectivity index (χ1n) is 11.8. The van der Waals surface area contributed by atoms with Gasteiger partial charge < -0.3 is 19.6 Å². The van der Waals surface area contributed by atoms with E-state index in [2.05, 4.69) is 17.2 Å². The molecule has 0 radical (unpaired) electrons. The Kier molecular flexibility index (Phi) is 7.82. The quantitative estimate of drug-likeness (QED) is 0.145. The smallest absolute Gasteiger partial charge is 0.345 e. The number of fused-ring (bicyclic) bond motifs is 1. The number of hydrogen-bond donors (Lipinski definition) is 2. The van der Waals surface area contributed by atoms with Crippen molar-refractivity contribution in [2.75, 3.05) is 11.9 Å². The summed E-state index contributed by atoms with van der Waals surface area (Å²) in [5, 5.41) is 16.7. The number of benzene rings is 2. The topological polar surface area (TPSA) is 102 Å². The van der Waals surface area contributed by atoms with Crippen LogP contribution in [0.4, 0.5) is 10.8 Å². The Morgan fingerprint density at radius 1 is 1.11 bits per heavy atom. The number of esters is 1. The van der Waals surface area contributed by atoms with Gasteiger partial charge in [-0.15, -0.1) is 11.3 Å². The minimum atomic E-state index is -0.511. The molecule has 0 bridgehead atoms. The van der Waals surface area contributed by atoms with Crippen LogP contribution in [0.15, 0.2) is 57.1 Å². The van der Waals surface area contributed by atoms with Crippen molar-refractivity contribution < 1.29 is 19.1 Å². The third-order valence-corrected chi connectivity index (χ3v) is 6.42. The first-order valence-corrected chi connectivity index (χ1v) is 12.7. The molecule has 2 aromatic heterocycles. The van der Waals surface area contributed by atoms with Crippen LogP contribution in [0.3, 0.4) is 0 Å². The molecule has 7 nitrogen and oxygen atoms in total. The molecule has 2 N–H and O–H groups in total. The Balaban J connectivity index is 1.54. The predicted molar refractivity (Wildman–Crippen MR) is 139 cm³/mol. The summed E-state index contributed by atoms with van der Waals surface area (Å²) in [5.74, 6) is -0.213. The maximum Gasteiger partial charge on any atom is 0.345 e. The molecule has 0 aliphatic carbocycles. The fourth-order valence-electron chi connectivity index (χ4n) is 3.81. The van der Waals surface area contributed by atoms with E-state index in [1.807, 2.05) is 6.07 Å². The van der Waals surface area contributed by atoms with Crippen LogP contribution in [0.25, 0.3) is 22.2 Å². The predicted octanol–water partition coefficient (Wildman–Crippen LogP) is 6.67. The van der Waals surface area contributed by atoms with Crippen molar-refractivity contribution >= 4 is 39.1 Å². The van der Waals surface area contributed by atoms with Crippen molar-refractivity contribution in [3.05, 3.63) is 69.4 Å². The van der Waals surface area contributed by atoms with E-state index < -0.39 is 5.63 Å². The van der Waals surface area contributed by atoms with Gasteiger partial charge in [0.25, 0.3) is 0 Å². The van der Waals surface area contributed by atoms with Crippen molar-refractivity contribution in [3.8, 4) is 17.0 Å². The van der Waals surface area contributed by atoms with Gasteiger partial charge in [-0.25, -0.2) is 14.6 Å². The number of aromatic hydroxyl groups is 1. The summed E-state index contributed by atoms with van der Waals surface area (Å²) >= 11 is 1.36. The van der Waals surface area contributed by atoms with Crippen LogP contribution in [0.5, 0.6) is 5.75 Å². The van der Waals surface area contributed by atoms with E-state index >= 15 is 0 Å². The summed E-state index contributed by atoms with van der Waals surface area (Å²) in [7, 11) is 0. The molecule has 0 saturated carbocycles. The summed E-state index contributed by atoms with van der Waals surface area (Å²) in [6.45, 7) is 4.25. The van der Waals surface area contributed by atoms with Crippen molar-refractivity contribution in [2.24, 2.45) is 0 Å². The number of carbonyl (C=O) groups excluding carboxylic acids is 1. The SMILES string of the molecule is CCCCCCc1cc2cc(-c3csc(Nc4ccc(C(=O)OCC)cc4)n3)c(=O)oc2cc1O. The van der Waals surface area contributed by atoms with Gasteiger partial charge >= 0.3 is 11.6 Å². The molecule has 0 aliphatic rings. The van der Waals surface area contributed by atoms with E-state index in [4.69, 9.17) is 9.15 Å². The number of thiazole rings is 1. The Bertz CT molecular complexity index is 1370. The number of aryl methyl sites for hydroxylation is 1. The summed E-state index contributed by atoms with van der Waals surface area (Å²) < 4.78 is 10.5. The van der Waals surface area contributed by atoms with Crippen LogP contribution in [-0.4, -0.2) is 22.7 Å². The van der Waals surface area contributed by atoms with Crippen molar-refractivity contribution in [3.63, 3.8) is 0 Å². The Morgan fingerprint density at radius 3 is 2.66 bits per heavy atom. The van der Waals surface area contributed by atoms with Gasteiger partial charge in [0.05, 0.1) is 23.4 Å². The average molecular weight is 493 g/mol. The molecular formula is C27H28N2O5S. The lowest BCUT2D eigenvalue weighted by atomic mass is 10.0. The Labute approximate surface area is 207 Å². The zero-order valence-corrected chi connectivity index (χ0v) is 20.6. The summed E-state index contributed by atoms with van der Waals surface area (Å²) in [6.07, 6.45) is 5.21. The van der Waals surface area contributed by atoms with Gasteiger partial charge in [-0.2, -0.15) is 0 Å². The van der Waals surface area contributed by atoms with Crippen LogP contribution >= 0.6 is 11.3 Å². The summed E-state index contributed by atoms with van der Waals surface area (Å²) in [4.78, 5) is 29.0. The molecule has 0 fully saturated rings. The van der Waals surface area contributed by atoms with Gasteiger partial charge in [0.15, 0.2) is 5.13 Å². The summed E-state index contributed by atoms with van der Waals surface area (Å²) in [5.41, 5.74) is 2.79. The minimum absolute atomic E-state index is 0.152. The van der Waals surface area contributed by atoms with Gasteiger partial charge in [-0.1, -0.05) is 26.2 Å². The first-order chi connectivity index (χ1) is 17.0. The largest absolute Gasteiger partial charge is 0.508 e. The molecule has 0 spiro atoms. The van der Waals surface area contributed by atoms with E-state index in [0.717, 1.165) is 42.3 Å². The molecular weight excluding hydrogens is 464 g/mol. The fourth-order valence-corrected chi connectivity index (χ4v) is 4.54. The number of nitrogens with zero attached hydrogens (tertiary/aromatic N) is 1. The highest BCUT2D eigenvalue weighted by atomic mass is 32.1. The second-order valence-electron chi connectivity index (χ2n) is 8.24. The molecule has 4 aromatic rings. The Hall–Kier alpha value is -3.65. The van der Waals surface area contributed by atoms with Crippen LogP contribution in [0, 0.1) is 0 Å². The van der Waals surface area contributed by atoms with Crippen molar-refractivity contribution in [1.82, 2.24) is 4.98 Å². The van der Waals surface area contributed by atoms with Gasteiger partial charge in [0.1, 0.15) is 11.3 Å². The second kappa shape index (κ2) is 11.2. The Morgan fingerprint density at radius 2 is 1.91 bits per heavy atom. The standard InChI is InChI=1S/C27H28N2O5S/c1-3-5-6-7-8-18-13-19-14-21(26(32)34-24(19)15-23(18)30)22-16-35-27(29-22)28-20-11-9-17(10-12-20)25(31)33-4-2/h9-16,30H,3-8H2,1-2H3,(H,28,29). The number of anilines is 2. The zero-order valence-electron chi connectivity index (χ0n) is 19.8. The number of hydrogen-bond acceptors (Lipinski definition) is 8. The first kappa shape index (κ1) is 24.5. The highest BCUT2D eigenvalue weighted by Gasteiger charge is 2.14. The molecule has 0 atom stereocenters. The second-order valence-corrected chi connectivity index (χ2v) is 9.10. The van der Waals surface area contributed by atoms with Gasteiger partial charge in [0, 0.05) is 22.5 Å². The van der Waals surface area contributed by atoms with Crippen LogP contribution in [0.2, 0.25) is 0 Å². The third-order valence-electron chi connectivity index (χ3n) is 5.66. The lowest BCUT2D eigenvalue weighted by Crippen LogP contribution is -2.04. The maximum atomic E-state index is 12.6. The highest BCUT2D eigenvalue weighted by Crippen LogP contribution is 2.30. The molecule has 2 aromatic carbocycles. The normalized spacial score (nSPS) is 11.0. The van der Waals surface area contributed by atoms with Crippen LogP contribution < -0.4 is 10.9 Å². The monoisotopic (exact) mass is 492 g/mol. The van der Waals surface area contributed by atoms with E-state index in [-0.39, 0.29) is 11.7 Å². The highest BCUT2D eigenvalue weighted by molar-refractivity contribution is 7.14. The molecule has 4 rings (SSSR count). The van der Waals surface area contributed by atoms with Gasteiger partial charge in [-0.3, -0.25) is 0 Å². The van der Waals surface area contributed by atoms with Crippen molar-refractivity contribution in [1.29, 1.82) is 0 Å². The number of carbonyl (C=O) groups is 1. The number of aromatic nitrogens is 1. The van der Waals surface area contributed by atoms with Gasteiger partial charge in [0.2, 0.25) is 0 Å². The van der Waals surface area contributed by atoms with E-state index in [9.17, 15) is 14.7 Å². The lowest BCUT2D eigenvalue weighted by molar-refractivity contribution is 0.0526. The lowest BCUT2D eigenvalue weighted by Gasteiger charge is -2.07. The number of nitrogens with one attached hydrogen (secondary N) is 1. The van der Waals surface area contributed by atoms with E-state index in [1.165, 1.54) is 23.8 Å². The van der Waals surface area contributed by atoms with Crippen molar-refractivity contribution in [2.45, 2.75) is 46.0 Å². The van der Waals surface area contributed by atoms with E-state index in [0.29, 0.717) is 34.1 Å². The number of unbranched alkanes of at least 4 members (excludes halogenated alkanes) is 3. The van der Waals surface area contributed by atoms with E-state index in [1.54, 1.807) is 42.6 Å². The molecule has 182 valence electrons. The number of ether oxygens (including phenoxy) is 1. The number of phenols is 1. The fraction of sp³-hybridized carbons (Fsp3) is 0.296. The minimum Gasteiger partial charge on any atom is -0.508 e. The molecule has 0 aliphatic heterocycles. The molecule has 0 unspecified atom stereocenters. The molecule has 8 heteroatoms. The zero-order chi connectivity index (χ0) is 24.8. The molecule has 2 heterocycles.